The fraction of sp³-hybridized carbons (Fsp3) is 0.444. The van der Waals surface area contributed by atoms with Crippen molar-refractivity contribution in [1.29, 1.82) is 0 Å². The molecule has 0 atom stereocenters. The van der Waals surface area contributed by atoms with E-state index in [9.17, 15) is 9.59 Å². The number of carbonyl (C=O) groups is 2. The topological polar surface area (TPSA) is 58.2 Å². The zero-order valence-electron chi connectivity index (χ0n) is 14.5. The van der Waals surface area contributed by atoms with Gasteiger partial charge in [-0.2, -0.15) is 0 Å². The fourth-order valence-corrected chi connectivity index (χ4v) is 4.04. The van der Waals surface area contributed by atoms with Crippen LogP contribution in [0.15, 0.2) is 33.3 Å². The van der Waals surface area contributed by atoms with Crippen molar-refractivity contribution in [2.45, 2.75) is 45.4 Å². The molecule has 2 rings (SSSR count). The summed E-state index contributed by atoms with van der Waals surface area (Å²) in [5.74, 6) is 0.394. The van der Waals surface area contributed by atoms with Crippen molar-refractivity contribution < 1.29 is 9.59 Å². The second-order valence-corrected chi connectivity index (χ2v) is 8.75. The van der Waals surface area contributed by atoms with Crippen LogP contribution >= 0.6 is 27.7 Å². The van der Waals surface area contributed by atoms with Crippen LogP contribution in [0.1, 0.15) is 37.8 Å². The van der Waals surface area contributed by atoms with Gasteiger partial charge in [0.15, 0.2) is 0 Å². The molecule has 0 unspecified atom stereocenters. The van der Waals surface area contributed by atoms with E-state index in [-0.39, 0.29) is 17.1 Å². The molecule has 1 aliphatic rings. The maximum atomic E-state index is 12.0. The van der Waals surface area contributed by atoms with Crippen LogP contribution in [0, 0.1) is 19.3 Å². The molecule has 0 fully saturated rings. The third-order valence-electron chi connectivity index (χ3n) is 3.78. The molecule has 0 aliphatic heterocycles. The molecule has 130 valence electrons. The quantitative estimate of drug-likeness (QED) is 0.567. The highest BCUT2D eigenvalue weighted by atomic mass is 79.9. The SMILES string of the molecule is Cc1cc(SCC(=O)NNC2=CC(C)(C)CC(=O)C2)c(C)cc1Br. The monoisotopic (exact) mass is 410 g/mol. The second-order valence-electron chi connectivity index (χ2n) is 6.88. The van der Waals surface area contributed by atoms with Gasteiger partial charge < -0.3 is 5.43 Å². The average Bonchev–Trinajstić information content (AvgIpc) is 2.45. The van der Waals surface area contributed by atoms with Gasteiger partial charge in [0.1, 0.15) is 5.78 Å². The molecule has 0 saturated heterocycles. The number of halogens is 1. The number of benzene rings is 1. The summed E-state index contributed by atoms with van der Waals surface area (Å²) in [6, 6.07) is 4.14. The van der Waals surface area contributed by atoms with E-state index < -0.39 is 0 Å². The van der Waals surface area contributed by atoms with Crippen molar-refractivity contribution >= 4 is 39.4 Å². The molecule has 2 N–H and O–H groups in total. The zero-order valence-corrected chi connectivity index (χ0v) is 16.9. The standard InChI is InChI=1S/C18H23BrN2O2S/c1-11-6-16(12(2)5-15(11)19)24-10-17(23)21-20-13-7-14(22)9-18(3,4)8-13/h5-6,8,20H,7,9-10H2,1-4H3,(H,21,23). The Morgan fingerprint density at radius 1 is 1.29 bits per heavy atom. The first-order chi connectivity index (χ1) is 11.2. The van der Waals surface area contributed by atoms with Crippen LogP contribution in [0.3, 0.4) is 0 Å². The van der Waals surface area contributed by atoms with Gasteiger partial charge in [-0.25, -0.2) is 0 Å². The number of allylic oxidation sites excluding steroid dienone is 2. The summed E-state index contributed by atoms with van der Waals surface area (Å²) in [5, 5.41) is 0. The van der Waals surface area contributed by atoms with Gasteiger partial charge in [-0.1, -0.05) is 35.9 Å². The Labute approximate surface area is 155 Å². The number of hydrogen-bond acceptors (Lipinski definition) is 4. The van der Waals surface area contributed by atoms with Crippen LogP contribution in [-0.4, -0.2) is 17.4 Å². The molecule has 1 aromatic carbocycles. The summed E-state index contributed by atoms with van der Waals surface area (Å²) in [6.07, 6.45) is 2.91. The van der Waals surface area contributed by atoms with Gasteiger partial charge in [0.05, 0.1) is 5.75 Å². The van der Waals surface area contributed by atoms with Gasteiger partial charge in [0.25, 0.3) is 0 Å². The first-order valence-electron chi connectivity index (χ1n) is 7.84. The largest absolute Gasteiger partial charge is 0.303 e. The Morgan fingerprint density at radius 2 is 2.00 bits per heavy atom. The van der Waals surface area contributed by atoms with E-state index in [1.165, 1.54) is 11.8 Å². The summed E-state index contributed by atoms with van der Waals surface area (Å²) < 4.78 is 1.08. The molecular weight excluding hydrogens is 388 g/mol. The number of hydrogen-bond donors (Lipinski definition) is 2. The van der Waals surface area contributed by atoms with Gasteiger partial charge in [-0.3, -0.25) is 15.0 Å². The molecule has 1 amide bonds. The Balaban J connectivity index is 1.87. The summed E-state index contributed by atoms with van der Waals surface area (Å²) >= 11 is 5.02. The van der Waals surface area contributed by atoms with Crippen LogP contribution in [0.5, 0.6) is 0 Å². The molecule has 0 bridgehead atoms. The minimum absolute atomic E-state index is 0.114. The first-order valence-corrected chi connectivity index (χ1v) is 9.62. The van der Waals surface area contributed by atoms with E-state index in [0.29, 0.717) is 18.6 Å². The molecule has 0 aromatic heterocycles. The average molecular weight is 411 g/mol. The molecule has 1 aliphatic carbocycles. The highest BCUT2D eigenvalue weighted by Crippen LogP contribution is 2.30. The zero-order chi connectivity index (χ0) is 17.9. The van der Waals surface area contributed by atoms with Crippen LogP contribution in [0.4, 0.5) is 0 Å². The molecule has 0 saturated carbocycles. The first kappa shape index (κ1) is 19.1. The number of aryl methyl sites for hydroxylation is 2. The van der Waals surface area contributed by atoms with Crippen LogP contribution < -0.4 is 10.9 Å². The van der Waals surface area contributed by atoms with Gasteiger partial charge in [0, 0.05) is 27.9 Å². The molecule has 24 heavy (non-hydrogen) atoms. The lowest BCUT2D eigenvalue weighted by molar-refractivity contribution is -0.121. The smallest absolute Gasteiger partial charge is 0.248 e. The number of rotatable bonds is 5. The van der Waals surface area contributed by atoms with E-state index in [4.69, 9.17) is 0 Å². The third-order valence-corrected chi connectivity index (χ3v) is 5.79. The molecular formula is C18H23BrN2O2S. The van der Waals surface area contributed by atoms with Gasteiger partial charge in [0.2, 0.25) is 5.91 Å². The summed E-state index contributed by atoms with van der Waals surface area (Å²) in [6.45, 7) is 8.09. The van der Waals surface area contributed by atoms with E-state index in [2.05, 4.69) is 38.9 Å². The number of hydrazine groups is 1. The van der Waals surface area contributed by atoms with Crippen molar-refractivity contribution in [3.8, 4) is 0 Å². The highest BCUT2D eigenvalue weighted by Gasteiger charge is 2.26. The maximum Gasteiger partial charge on any atom is 0.248 e. The predicted molar refractivity (Wildman–Crippen MR) is 102 cm³/mol. The highest BCUT2D eigenvalue weighted by molar-refractivity contribution is 9.10. The molecule has 1 aromatic rings. The Morgan fingerprint density at radius 3 is 2.67 bits per heavy atom. The normalized spacial score (nSPS) is 16.5. The van der Waals surface area contributed by atoms with E-state index >= 15 is 0 Å². The maximum absolute atomic E-state index is 12.0. The van der Waals surface area contributed by atoms with E-state index in [0.717, 1.165) is 26.2 Å². The van der Waals surface area contributed by atoms with Crippen molar-refractivity contribution in [2.75, 3.05) is 5.75 Å². The predicted octanol–water partition coefficient (Wildman–Crippen LogP) is 4.05. The van der Waals surface area contributed by atoms with Crippen molar-refractivity contribution in [3.63, 3.8) is 0 Å². The van der Waals surface area contributed by atoms with E-state index in [1.54, 1.807) is 0 Å². The number of Topliss-reactive ketones (excluding diaryl/α,β-unsaturated/α-hetero) is 1. The minimum atomic E-state index is -0.163. The van der Waals surface area contributed by atoms with E-state index in [1.807, 2.05) is 33.8 Å². The molecule has 6 heteroatoms. The molecule has 4 nitrogen and oxygen atoms in total. The van der Waals surface area contributed by atoms with Crippen molar-refractivity contribution in [2.24, 2.45) is 5.41 Å². The van der Waals surface area contributed by atoms with Gasteiger partial charge in [-0.15, -0.1) is 11.8 Å². The molecule has 0 radical (unpaired) electrons. The Hall–Kier alpha value is -1.27. The van der Waals surface area contributed by atoms with Crippen LogP contribution in [0.2, 0.25) is 0 Å². The van der Waals surface area contributed by atoms with Crippen molar-refractivity contribution in [3.05, 3.63) is 39.5 Å². The number of thioether (sulfide) groups is 1. The lowest BCUT2D eigenvalue weighted by Crippen LogP contribution is -2.40. The minimum Gasteiger partial charge on any atom is -0.303 e. The number of ketones is 1. The second kappa shape index (κ2) is 7.74. The summed E-state index contributed by atoms with van der Waals surface area (Å²) in [7, 11) is 0. The summed E-state index contributed by atoms with van der Waals surface area (Å²) in [4.78, 5) is 24.9. The molecule has 0 spiro atoms. The molecule has 0 heterocycles. The fourth-order valence-electron chi connectivity index (χ4n) is 2.68. The Bertz CT molecular complexity index is 699. The van der Waals surface area contributed by atoms with Crippen LogP contribution in [-0.2, 0) is 9.59 Å². The van der Waals surface area contributed by atoms with Crippen LogP contribution in [0.25, 0.3) is 0 Å². The van der Waals surface area contributed by atoms with Crippen molar-refractivity contribution in [1.82, 2.24) is 10.9 Å². The lowest BCUT2D eigenvalue weighted by atomic mass is 9.81. The number of carbonyl (C=O) groups excluding carboxylic acids is 2. The lowest BCUT2D eigenvalue weighted by Gasteiger charge is -2.27. The van der Waals surface area contributed by atoms with Gasteiger partial charge >= 0.3 is 0 Å². The Kier molecular flexibility index (Phi) is 6.15. The summed E-state index contributed by atoms with van der Waals surface area (Å²) in [5.41, 5.74) is 8.48. The van der Waals surface area contributed by atoms with Gasteiger partial charge in [-0.05, 0) is 42.5 Å². The number of nitrogens with one attached hydrogen (secondary N) is 2. The number of amides is 1. The third kappa shape index (κ3) is 5.38.